The normalized spacial score (nSPS) is 12.6. The molecule has 0 aliphatic rings. The van der Waals surface area contributed by atoms with Gasteiger partial charge in [0.15, 0.2) is 0 Å². The van der Waals surface area contributed by atoms with Crippen LogP contribution in [0.25, 0.3) is 0 Å². The van der Waals surface area contributed by atoms with Gasteiger partial charge in [-0.3, -0.25) is 0 Å². The molecule has 0 atom stereocenters. The largest absolute Gasteiger partial charge is 0.608 e. The van der Waals surface area contributed by atoms with Crippen LogP contribution in [0.15, 0.2) is 0 Å². The maximum absolute atomic E-state index is 9.53. The molecule has 0 fully saturated rings. The SMILES string of the molecule is CC(C)(C)B(O)OB(O)OB(O)C(C)(C)C. The third kappa shape index (κ3) is 5.91. The summed E-state index contributed by atoms with van der Waals surface area (Å²) in [5.41, 5.74) is 0. The summed E-state index contributed by atoms with van der Waals surface area (Å²) in [5.74, 6) is 0. The highest BCUT2D eigenvalue weighted by Crippen LogP contribution is 2.28. The van der Waals surface area contributed by atoms with Crippen LogP contribution >= 0.6 is 0 Å². The second kappa shape index (κ2) is 5.55. The molecule has 3 N–H and O–H groups in total. The molecule has 0 radical (unpaired) electrons. The zero-order valence-electron chi connectivity index (χ0n) is 10.9. The van der Waals surface area contributed by atoms with Crippen molar-refractivity contribution in [3.63, 3.8) is 0 Å². The van der Waals surface area contributed by atoms with E-state index in [0.717, 1.165) is 0 Å². The van der Waals surface area contributed by atoms with E-state index in [2.05, 4.69) is 0 Å². The highest BCUT2D eigenvalue weighted by Gasteiger charge is 2.39. The first-order valence-corrected chi connectivity index (χ1v) is 5.29. The molecule has 0 saturated carbocycles. The Kier molecular flexibility index (Phi) is 5.55. The summed E-state index contributed by atoms with van der Waals surface area (Å²) in [4.78, 5) is 0. The minimum Gasteiger partial charge on any atom is -0.427 e. The van der Waals surface area contributed by atoms with Crippen molar-refractivity contribution >= 4 is 21.6 Å². The van der Waals surface area contributed by atoms with Gasteiger partial charge in [0.2, 0.25) is 0 Å². The number of hydrogen-bond donors (Lipinski definition) is 3. The number of hydrogen-bond acceptors (Lipinski definition) is 5. The highest BCUT2D eigenvalue weighted by atomic mass is 16.7. The minimum atomic E-state index is -1.65. The molecule has 0 spiro atoms. The third-order valence-corrected chi connectivity index (χ3v) is 1.97. The van der Waals surface area contributed by atoms with E-state index in [1.165, 1.54) is 0 Å². The van der Waals surface area contributed by atoms with Gasteiger partial charge in [0.25, 0.3) is 0 Å². The van der Waals surface area contributed by atoms with E-state index < -0.39 is 32.2 Å². The lowest BCUT2D eigenvalue weighted by Crippen LogP contribution is -2.43. The third-order valence-electron chi connectivity index (χ3n) is 1.97. The van der Waals surface area contributed by atoms with E-state index in [1.54, 1.807) is 41.5 Å². The molecule has 92 valence electrons. The second-order valence-corrected chi connectivity index (χ2v) is 6.02. The van der Waals surface area contributed by atoms with Crippen LogP contribution in [0.3, 0.4) is 0 Å². The molecule has 8 heteroatoms. The molecule has 0 heterocycles. The van der Waals surface area contributed by atoms with Gasteiger partial charge in [-0.05, 0) is 10.6 Å². The van der Waals surface area contributed by atoms with Crippen molar-refractivity contribution in [1.29, 1.82) is 0 Å². The van der Waals surface area contributed by atoms with E-state index in [4.69, 9.17) is 9.14 Å². The molecule has 16 heavy (non-hydrogen) atoms. The lowest BCUT2D eigenvalue weighted by atomic mass is 9.59. The summed E-state index contributed by atoms with van der Waals surface area (Å²) in [7, 11) is -3.99. The van der Waals surface area contributed by atoms with Crippen LogP contribution in [-0.4, -0.2) is 36.6 Å². The Hall–Kier alpha value is -0.00519. The number of rotatable bonds is 4. The molecule has 0 aromatic rings. The average Bonchev–Trinajstić information content (AvgIpc) is 1.99. The van der Waals surface area contributed by atoms with Crippen molar-refractivity contribution in [2.24, 2.45) is 0 Å². The summed E-state index contributed by atoms with van der Waals surface area (Å²) in [6.45, 7) is 10.5. The standard InChI is InChI=1S/C8H21B3O5/c1-7(2,3)9(12)15-11(14)16-10(13)8(4,5)6/h12-14H,1-6H3. The molecule has 0 rings (SSSR count). The summed E-state index contributed by atoms with van der Waals surface area (Å²) >= 11 is 0. The van der Waals surface area contributed by atoms with Gasteiger partial charge in [0.1, 0.15) is 0 Å². The fraction of sp³-hybridized carbons (Fsp3) is 1.00. The van der Waals surface area contributed by atoms with Crippen LogP contribution in [0, 0.1) is 0 Å². The molecular weight excluding hydrogens is 209 g/mol. The van der Waals surface area contributed by atoms with Crippen LogP contribution in [0.2, 0.25) is 10.6 Å². The molecule has 5 nitrogen and oxygen atoms in total. The van der Waals surface area contributed by atoms with Gasteiger partial charge >= 0.3 is 21.6 Å². The maximum Gasteiger partial charge on any atom is 0.608 e. The quantitative estimate of drug-likeness (QED) is 0.614. The van der Waals surface area contributed by atoms with Gasteiger partial charge in [0, 0.05) is 0 Å². The first-order valence-electron chi connectivity index (χ1n) is 5.29. The molecule has 0 aliphatic heterocycles. The van der Waals surface area contributed by atoms with Gasteiger partial charge in [-0.1, -0.05) is 41.5 Å². The van der Waals surface area contributed by atoms with Crippen molar-refractivity contribution in [1.82, 2.24) is 0 Å². The summed E-state index contributed by atoms with van der Waals surface area (Å²) < 4.78 is 9.62. The van der Waals surface area contributed by atoms with E-state index in [1.807, 2.05) is 0 Å². The van der Waals surface area contributed by atoms with Gasteiger partial charge in [-0.25, -0.2) is 0 Å². The highest BCUT2D eigenvalue weighted by molar-refractivity contribution is 6.62. The van der Waals surface area contributed by atoms with E-state index in [-0.39, 0.29) is 0 Å². The maximum atomic E-state index is 9.53. The second-order valence-electron chi connectivity index (χ2n) is 6.02. The van der Waals surface area contributed by atoms with Crippen LogP contribution in [0.5, 0.6) is 0 Å². The fourth-order valence-electron chi connectivity index (χ4n) is 0.661. The van der Waals surface area contributed by atoms with E-state index in [0.29, 0.717) is 0 Å². The van der Waals surface area contributed by atoms with Crippen LogP contribution in [0.1, 0.15) is 41.5 Å². The van der Waals surface area contributed by atoms with Gasteiger partial charge in [0.05, 0.1) is 0 Å². The minimum absolute atomic E-state index is 0.531. The predicted molar refractivity (Wildman–Crippen MR) is 65.5 cm³/mol. The molecular formula is C8H21B3O5. The Morgan fingerprint density at radius 1 is 0.688 bits per heavy atom. The van der Waals surface area contributed by atoms with Gasteiger partial charge in [-0.2, -0.15) is 0 Å². The monoisotopic (exact) mass is 230 g/mol. The van der Waals surface area contributed by atoms with Crippen molar-refractivity contribution in [3.8, 4) is 0 Å². The Morgan fingerprint density at radius 2 is 0.938 bits per heavy atom. The zero-order valence-corrected chi connectivity index (χ0v) is 10.9. The van der Waals surface area contributed by atoms with E-state index in [9.17, 15) is 15.1 Å². The van der Waals surface area contributed by atoms with Gasteiger partial charge < -0.3 is 24.2 Å². The molecule has 0 unspecified atom stereocenters. The first-order chi connectivity index (χ1) is 6.94. The summed E-state index contributed by atoms with van der Waals surface area (Å²) in [6.07, 6.45) is 0. The Labute approximate surface area is 98.6 Å². The Morgan fingerprint density at radius 3 is 1.12 bits per heavy atom. The topological polar surface area (TPSA) is 79.2 Å². The Balaban J connectivity index is 4.15. The van der Waals surface area contributed by atoms with Crippen LogP contribution in [0.4, 0.5) is 0 Å². The molecule has 0 aromatic heterocycles. The van der Waals surface area contributed by atoms with Crippen LogP contribution < -0.4 is 0 Å². The van der Waals surface area contributed by atoms with E-state index >= 15 is 0 Å². The van der Waals surface area contributed by atoms with Crippen LogP contribution in [-0.2, 0) is 9.14 Å². The van der Waals surface area contributed by atoms with Crippen molar-refractivity contribution < 1.29 is 24.2 Å². The Bertz CT molecular complexity index is 191. The lowest BCUT2D eigenvalue weighted by Gasteiger charge is -2.26. The fourth-order valence-corrected chi connectivity index (χ4v) is 0.661. The molecule has 0 bridgehead atoms. The van der Waals surface area contributed by atoms with Gasteiger partial charge in [-0.15, -0.1) is 0 Å². The molecule has 0 amide bonds. The average molecular weight is 230 g/mol. The molecule has 0 saturated heterocycles. The smallest absolute Gasteiger partial charge is 0.427 e. The summed E-state index contributed by atoms with van der Waals surface area (Å²) in [6, 6.07) is 0. The van der Waals surface area contributed by atoms with Crippen molar-refractivity contribution in [2.45, 2.75) is 52.2 Å². The molecule has 0 aliphatic carbocycles. The van der Waals surface area contributed by atoms with Crippen molar-refractivity contribution in [3.05, 3.63) is 0 Å². The first kappa shape index (κ1) is 16.0. The lowest BCUT2D eigenvalue weighted by molar-refractivity contribution is 0.231. The van der Waals surface area contributed by atoms with Crippen molar-refractivity contribution in [2.75, 3.05) is 0 Å². The summed E-state index contributed by atoms with van der Waals surface area (Å²) in [5, 5.41) is 27.3. The molecule has 0 aromatic carbocycles. The predicted octanol–water partition coefficient (Wildman–Crippen LogP) is 0.558. The zero-order chi connectivity index (χ0) is 13.1.